The summed E-state index contributed by atoms with van der Waals surface area (Å²) in [7, 11) is 3.15. The van der Waals surface area contributed by atoms with Gasteiger partial charge in [-0.1, -0.05) is 38.5 Å². The third-order valence-corrected chi connectivity index (χ3v) is 4.54. The van der Waals surface area contributed by atoms with Gasteiger partial charge in [-0.25, -0.2) is 0 Å². The monoisotopic (exact) mass is 315 g/mol. The zero-order valence-electron chi connectivity index (χ0n) is 12.6. The van der Waals surface area contributed by atoms with Gasteiger partial charge in [-0.3, -0.25) is 0 Å². The Morgan fingerprint density at radius 1 is 1.10 bits per heavy atom. The summed E-state index contributed by atoms with van der Waals surface area (Å²) in [6.45, 7) is 4.16. The first-order chi connectivity index (χ1) is 9.87. The Morgan fingerprint density at radius 2 is 1.76 bits per heavy atom. The summed E-state index contributed by atoms with van der Waals surface area (Å²) in [5.74, 6) is 0. The molecule has 0 saturated carbocycles. The zero-order chi connectivity index (χ0) is 15.9. The molecule has 0 heterocycles. The highest BCUT2D eigenvalue weighted by Crippen LogP contribution is 2.30. The molecule has 0 fully saturated rings. The van der Waals surface area contributed by atoms with Crippen LogP contribution in [0.4, 0.5) is 13.2 Å². The maximum absolute atomic E-state index is 12.6. The van der Waals surface area contributed by atoms with Crippen LogP contribution < -0.4 is 0 Å². The van der Waals surface area contributed by atoms with Gasteiger partial charge in [0, 0.05) is 0 Å². The fourth-order valence-electron chi connectivity index (χ4n) is 2.48. The van der Waals surface area contributed by atoms with Gasteiger partial charge in [0.2, 0.25) is 10.5 Å². The Labute approximate surface area is 128 Å². The summed E-state index contributed by atoms with van der Waals surface area (Å²) < 4.78 is 43.3. The standard InChI is InChI=1S/C16H22F3OSi/c1-3-15(4-2,20-21)11-6-5-8-13-9-7-10-14(12-13)16(17,18)19/h7,9-10,12H,3-6,8,11H2,1-2H3. The molecule has 0 aliphatic rings. The number of alkyl halides is 3. The lowest BCUT2D eigenvalue weighted by Gasteiger charge is -2.30. The van der Waals surface area contributed by atoms with Gasteiger partial charge >= 0.3 is 6.18 Å². The van der Waals surface area contributed by atoms with Crippen LogP contribution in [0.25, 0.3) is 0 Å². The Kier molecular flexibility index (Phi) is 6.94. The molecule has 1 rings (SSSR count). The van der Waals surface area contributed by atoms with Crippen LogP contribution in [0.1, 0.15) is 57.1 Å². The molecule has 0 aromatic heterocycles. The van der Waals surface area contributed by atoms with Gasteiger partial charge in [0.05, 0.1) is 11.2 Å². The molecule has 0 spiro atoms. The van der Waals surface area contributed by atoms with E-state index in [1.165, 1.54) is 12.1 Å². The lowest BCUT2D eigenvalue weighted by molar-refractivity contribution is -0.137. The van der Waals surface area contributed by atoms with Crippen molar-refractivity contribution < 1.29 is 17.6 Å². The van der Waals surface area contributed by atoms with E-state index >= 15 is 0 Å². The molecule has 0 amide bonds. The first-order valence-electron chi connectivity index (χ1n) is 7.37. The lowest BCUT2D eigenvalue weighted by Crippen LogP contribution is -2.30. The minimum absolute atomic E-state index is 0.162. The van der Waals surface area contributed by atoms with E-state index in [1.807, 2.05) is 0 Å². The van der Waals surface area contributed by atoms with Crippen molar-refractivity contribution in [2.45, 2.75) is 64.1 Å². The number of benzene rings is 1. The number of rotatable bonds is 8. The zero-order valence-corrected chi connectivity index (χ0v) is 13.6. The van der Waals surface area contributed by atoms with Crippen LogP contribution in [0, 0.1) is 0 Å². The fraction of sp³-hybridized carbons (Fsp3) is 0.625. The molecule has 5 heteroatoms. The van der Waals surface area contributed by atoms with Crippen molar-refractivity contribution in [1.29, 1.82) is 0 Å². The van der Waals surface area contributed by atoms with Gasteiger partial charge in [-0.15, -0.1) is 0 Å². The van der Waals surface area contributed by atoms with E-state index in [1.54, 1.807) is 6.07 Å². The summed E-state index contributed by atoms with van der Waals surface area (Å²) in [5.41, 5.74) is 0.00714. The lowest BCUT2D eigenvalue weighted by atomic mass is 9.90. The van der Waals surface area contributed by atoms with Crippen LogP contribution >= 0.6 is 0 Å². The van der Waals surface area contributed by atoms with Crippen LogP contribution in [-0.4, -0.2) is 16.1 Å². The smallest absolute Gasteiger partial charge is 0.413 e. The van der Waals surface area contributed by atoms with Gasteiger partial charge in [0.15, 0.2) is 0 Å². The largest absolute Gasteiger partial charge is 0.416 e. The second-order valence-electron chi connectivity index (χ2n) is 5.40. The van der Waals surface area contributed by atoms with Crippen molar-refractivity contribution >= 4 is 10.5 Å². The highest BCUT2D eigenvalue weighted by Gasteiger charge is 2.30. The van der Waals surface area contributed by atoms with Crippen molar-refractivity contribution in [2.24, 2.45) is 0 Å². The van der Waals surface area contributed by atoms with E-state index in [-0.39, 0.29) is 5.60 Å². The van der Waals surface area contributed by atoms with Crippen LogP contribution in [0.2, 0.25) is 0 Å². The molecule has 1 aromatic carbocycles. The first-order valence-corrected chi connectivity index (χ1v) is 7.78. The average Bonchev–Trinajstić information content (AvgIpc) is 2.48. The summed E-state index contributed by atoms with van der Waals surface area (Å²) >= 11 is 0. The molecule has 1 nitrogen and oxygen atoms in total. The Bertz CT molecular complexity index is 420. The molecule has 0 saturated heterocycles. The number of aryl methyl sites for hydroxylation is 1. The number of hydrogen-bond donors (Lipinski definition) is 0. The van der Waals surface area contributed by atoms with E-state index in [0.717, 1.165) is 43.7 Å². The molecule has 0 N–H and O–H groups in total. The van der Waals surface area contributed by atoms with Crippen molar-refractivity contribution in [3.63, 3.8) is 0 Å². The summed E-state index contributed by atoms with van der Waals surface area (Å²) in [5, 5.41) is 0. The maximum atomic E-state index is 12.6. The minimum atomic E-state index is -4.26. The van der Waals surface area contributed by atoms with Gasteiger partial charge in [0.1, 0.15) is 0 Å². The van der Waals surface area contributed by atoms with Crippen molar-refractivity contribution in [3.8, 4) is 0 Å². The van der Waals surface area contributed by atoms with Crippen molar-refractivity contribution in [1.82, 2.24) is 0 Å². The normalized spacial score (nSPS) is 12.7. The molecular weight excluding hydrogens is 293 g/mol. The SMILES string of the molecule is CCC(CC)(CCCCc1cccc(C(F)(F)F)c1)O[Si]. The third kappa shape index (κ3) is 5.47. The summed E-state index contributed by atoms with van der Waals surface area (Å²) in [6, 6.07) is 5.58. The van der Waals surface area contributed by atoms with E-state index < -0.39 is 11.7 Å². The van der Waals surface area contributed by atoms with Crippen LogP contribution in [0.5, 0.6) is 0 Å². The molecule has 117 valence electrons. The third-order valence-electron chi connectivity index (χ3n) is 4.11. The van der Waals surface area contributed by atoms with Crippen LogP contribution in [0.3, 0.4) is 0 Å². The molecule has 3 radical (unpaired) electrons. The van der Waals surface area contributed by atoms with E-state index in [0.29, 0.717) is 6.42 Å². The predicted octanol–water partition coefficient (Wildman–Crippen LogP) is 5.08. The van der Waals surface area contributed by atoms with Gasteiger partial charge in [-0.05, 0) is 43.7 Å². The quantitative estimate of drug-likeness (QED) is 0.480. The van der Waals surface area contributed by atoms with Crippen molar-refractivity contribution in [2.75, 3.05) is 0 Å². The predicted molar refractivity (Wildman–Crippen MR) is 79.2 cm³/mol. The Balaban J connectivity index is 2.50. The molecule has 0 atom stereocenters. The Hall–Kier alpha value is -0.813. The van der Waals surface area contributed by atoms with Crippen LogP contribution in [0.15, 0.2) is 24.3 Å². The van der Waals surface area contributed by atoms with Crippen LogP contribution in [-0.2, 0) is 17.0 Å². The second kappa shape index (κ2) is 7.99. The van der Waals surface area contributed by atoms with Gasteiger partial charge < -0.3 is 4.43 Å². The molecule has 21 heavy (non-hydrogen) atoms. The average molecular weight is 315 g/mol. The highest BCUT2D eigenvalue weighted by molar-refractivity contribution is 5.98. The maximum Gasteiger partial charge on any atom is 0.416 e. The molecule has 0 aliphatic carbocycles. The van der Waals surface area contributed by atoms with E-state index in [4.69, 9.17) is 4.43 Å². The number of halogens is 3. The molecule has 0 unspecified atom stereocenters. The fourth-order valence-corrected chi connectivity index (χ4v) is 2.87. The number of hydrogen-bond acceptors (Lipinski definition) is 1. The van der Waals surface area contributed by atoms with E-state index in [2.05, 4.69) is 24.3 Å². The molecule has 1 aromatic rings. The topological polar surface area (TPSA) is 9.23 Å². The molecule has 0 aliphatic heterocycles. The second-order valence-corrected chi connectivity index (χ2v) is 5.60. The molecule has 0 bridgehead atoms. The minimum Gasteiger partial charge on any atom is -0.413 e. The summed E-state index contributed by atoms with van der Waals surface area (Å²) in [4.78, 5) is 0. The number of unbranched alkanes of at least 4 members (excludes halogenated alkanes) is 1. The summed E-state index contributed by atoms with van der Waals surface area (Å²) in [6.07, 6.45) is 0.922. The highest BCUT2D eigenvalue weighted by atomic mass is 28.2. The molecular formula is C16H22F3OSi. The van der Waals surface area contributed by atoms with Gasteiger partial charge in [-0.2, -0.15) is 13.2 Å². The first kappa shape index (κ1) is 18.2. The van der Waals surface area contributed by atoms with E-state index in [9.17, 15) is 13.2 Å². The van der Waals surface area contributed by atoms with Gasteiger partial charge in [0.25, 0.3) is 0 Å². The van der Waals surface area contributed by atoms with Crippen molar-refractivity contribution in [3.05, 3.63) is 35.4 Å². The Morgan fingerprint density at radius 3 is 2.29 bits per heavy atom.